The maximum atomic E-state index is 2.28. The molecule has 0 heteroatoms. The summed E-state index contributed by atoms with van der Waals surface area (Å²) in [5, 5.41) is 0. The number of allylic oxidation sites excluding steroid dienone is 5. The highest BCUT2D eigenvalue weighted by molar-refractivity contribution is 5.71. The topological polar surface area (TPSA) is 0 Å². The third-order valence-corrected chi connectivity index (χ3v) is 2.72. The Balaban J connectivity index is 2.22. The summed E-state index contributed by atoms with van der Waals surface area (Å²) in [7, 11) is 0. The molecule has 0 N–H and O–H groups in total. The third kappa shape index (κ3) is 0.919. The first kappa shape index (κ1) is 6.90. The fraction of sp³-hybridized carbons (Fsp3) is 0.0769. The molecule has 0 nitrogen and oxygen atoms in total. The van der Waals surface area contributed by atoms with Gasteiger partial charge >= 0.3 is 0 Å². The van der Waals surface area contributed by atoms with E-state index in [2.05, 4.69) is 54.6 Å². The first-order valence-electron chi connectivity index (χ1n) is 4.60. The molecule has 0 aromatic heterocycles. The first-order chi connectivity index (χ1) is 6.45. The highest BCUT2D eigenvalue weighted by atomic mass is 14.2. The lowest BCUT2D eigenvalue weighted by molar-refractivity contribution is 1.05. The lowest BCUT2D eigenvalue weighted by Gasteiger charge is -2.11. The number of hydrogen-bond donors (Lipinski definition) is 0. The molecule has 1 atom stereocenters. The Hall–Kier alpha value is -1.56. The Kier molecular flexibility index (Phi) is 1.31. The summed E-state index contributed by atoms with van der Waals surface area (Å²) in [4.78, 5) is 0. The van der Waals surface area contributed by atoms with Crippen molar-refractivity contribution in [2.75, 3.05) is 0 Å². The summed E-state index contributed by atoms with van der Waals surface area (Å²) >= 11 is 0. The summed E-state index contributed by atoms with van der Waals surface area (Å²) in [6.45, 7) is 0. The molecule has 0 fully saturated rings. The summed E-state index contributed by atoms with van der Waals surface area (Å²) in [6.07, 6.45) is 11.0. The largest absolute Gasteiger partial charge is 0.0726 e. The van der Waals surface area contributed by atoms with Gasteiger partial charge in [-0.2, -0.15) is 0 Å². The molecule has 0 heterocycles. The van der Waals surface area contributed by atoms with Gasteiger partial charge in [0.1, 0.15) is 0 Å². The van der Waals surface area contributed by atoms with Crippen LogP contribution in [0.2, 0.25) is 0 Å². The molecule has 1 aromatic carbocycles. The molecule has 1 unspecified atom stereocenters. The minimum atomic E-state index is 0.515. The monoisotopic (exact) mass is 166 g/mol. The van der Waals surface area contributed by atoms with Gasteiger partial charge in [-0.15, -0.1) is 0 Å². The average Bonchev–Trinajstić information content (AvgIpc) is 2.56. The summed E-state index contributed by atoms with van der Waals surface area (Å²) < 4.78 is 0. The maximum absolute atomic E-state index is 2.28. The van der Waals surface area contributed by atoms with Crippen molar-refractivity contribution in [3.05, 3.63) is 65.3 Å². The summed E-state index contributed by atoms with van der Waals surface area (Å²) in [5.41, 5.74) is 4.24. The van der Waals surface area contributed by atoms with E-state index in [1.165, 1.54) is 16.7 Å². The molecular formula is C13H10. The van der Waals surface area contributed by atoms with Gasteiger partial charge in [0, 0.05) is 5.92 Å². The van der Waals surface area contributed by atoms with Gasteiger partial charge in [-0.25, -0.2) is 0 Å². The molecule has 0 amide bonds. The van der Waals surface area contributed by atoms with Crippen LogP contribution in [0.4, 0.5) is 0 Å². The van der Waals surface area contributed by atoms with E-state index >= 15 is 0 Å². The Bertz CT molecular complexity index is 433. The molecule has 62 valence electrons. The van der Waals surface area contributed by atoms with E-state index in [-0.39, 0.29) is 0 Å². The van der Waals surface area contributed by atoms with Crippen molar-refractivity contribution in [1.29, 1.82) is 0 Å². The molecule has 0 aliphatic heterocycles. The van der Waals surface area contributed by atoms with Gasteiger partial charge in [-0.1, -0.05) is 54.6 Å². The van der Waals surface area contributed by atoms with E-state index < -0.39 is 0 Å². The van der Waals surface area contributed by atoms with Crippen molar-refractivity contribution in [1.82, 2.24) is 0 Å². The van der Waals surface area contributed by atoms with Gasteiger partial charge in [0.05, 0.1) is 0 Å². The number of hydrogen-bond acceptors (Lipinski definition) is 0. The molecule has 0 radical (unpaired) electrons. The smallest absolute Gasteiger partial charge is 0.0278 e. The standard InChI is InChI=1S/C13H10/c1-3-7-12-10(5-1)9-11-6-2-4-8-13(11)12/h1-9,12H. The van der Waals surface area contributed by atoms with Crippen LogP contribution in [0.25, 0.3) is 6.08 Å². The van der Waals surface area contributed by atoms with Crippen LogP contribution in [0.3, 0.4) is 0 Å². The van der Waals surface area contributed by atoms with Crippen LogP contribution in [0.1, 0.15) is 17.0 Å². The summed E-state index contributed by atoms with van der Waals surface area (Å²) in [6, 6.07) is 8.61. The third-order valence-electron chi connectivity index (χ3n) is 2.72. The van der Waals surface area contributed by atoms with Crippen LogP contribution >= 0.6 is 0 Å². The second-order valence-electron chi connectivity index (χ2n) is 3.49. The Morgan fingerprint density at radius 2 is 1.92 bits per heavy atom. The van der Waals surface area contributed by atoms with Gasteiger partial charge in [0.25, 0.3) is 0 Å². The highest BCUT2D eigenvalue weighted by Gasteiger charge is 2.21. The fourth-order valence-corrected chi connectivity index (χ4v) is 2.08. The predicted octanol–water partition coefficient (Wildman–Crippen LogP) is 3.29. The van der Waals surface area contributed by atoms with E-state index in [0.717, 1.165) is 0 Å². The Morgan fingerprint density at radius 3 is 2.92 bits per heavy atom. The predicted molar refractivity (Wildman–Crippen MR) is 55.4 cm³/mol. The van der Waals surface area contributed by atoms with Crippen LogP contribution in [0.5, 0.6) is 0 Å². The zero-order valence-electron chi connectivity index (χ0n) is 7.27. The second kappa shape index (κ2) is 2.46. The van der Waals surface area contributed by atoms with Crippen molar-refractivity contribution < 1.29 is 0 Å². The van der Waals surface area contributed by atoms with Gasteiger partial charge in [-0.05, 0) is 16.7 Å². The van der Waals surface area contributed by atoms with Crippen LogP contribution in [0, 0.1) is 0 Å². The van der Waals surface area contributed by atoms with Crippen LogP contribution in [-0.4, -0.2) is 0 Å². The van der Waals surface area contributed by atoms with Crippen molar-refractivity contribution in [2.45, 2.75) is 5.92 Å². The van der Waals surface area contributed by atoms with Gasteiger partial charge < -0.3 is 0 Å². The number of rotatable bonds is 0. The minimum Gasteiger partial charge on any atom is -0.0726 e. The quantitative estimate of drug-likeness (QED) is 0.554. The zero-order chi connectivity index (χ0) is 8.67. The van der Waals surface area contributed by atoms with E-state index in [0.29, 0.717) is 5.92 Å². The average molecular weight is 166 g/mol. The molecule has 0 bridgehead atoms. The van der Waals surface area contributed by atoms with Crippen molar-refractivity contribution in [2.24, 2.45) is 0 Å². The Labute approximate surface area is 77.9 Å². The van der Waals surface area contributed by atoms with E-state index in [1.807, 2.05) is 0 Å². The van der Waals surface area contributed by atoms with E-state index in [1.54, 1.807) is 0 Å². The molecule has 1 aromatic rings. The van der Waals surface area contributed by atoms with Gasteiger partial charge in [-0.3, -0.25) is 0 Å². The molecule has 3 rings (SSSR count). The van der Waals surface area contributed by atoms with Crippen LogP contribution < -0.4 is 0 Å². The normalized spacial score (nSPS) is 22.5. The SMILES string of the molecule is C1=CC2=Cc3ccccc3C2C=C1. The first-order valence-corrected chi connectivity index (χ1v) is 4.60. The van der Waals surface area contributed by atoms with Crippen LogP contribution in [0.15, 0.2) is 54.1 Å². The summed E-state index contributed by atoms with van der Waals surface area (Å²) in [5.74, 6) is 0.515. The van der Waals surface area contributed by atoms with Crippen molar-refractivity contribution >= 4 is 6.08 Å². The van der Waals surface area contributed by atoms with Gasteiger partial charge in [0.2, 0.25) is 0 Å². The fourth-order valence-electron chi connectivity index (χ4n) is 2.08. The second-order valence-corrected chi connectivity index (χ2v) is 3.49. The van der Waals surface area contributed by atoms with Crippen molar-refractivity contribution in [3.63, 3.8) is 0 Å². The molecule has 2 aliphatic rings. The van der Waals surface area contributed by atoms with E-state index in [9.17, 15) is 0 Å². The lowest BCUT2D eigenvalue weighted by Crippen LogP contribution is -1.95. The lowest BCUT2D eigenvalue weighted by atomic mass is 9.93. The molecule has 2 aliphatic carbocycles. The van der Waals surface area contributed by atoms with E-state index in [4.69, 9.17) is 0 Å². The molecule has 13 heavy (non-hydrogen) atoms. The maximum Gasteiger partial charge on any atom is 0.0278 e. The van der Waals surface area contributed by atoms with Crippen LogP contribution in [-0.2, 0) is 0 Å². The molecule has 0 saturated carbocycles. The minimum absolute atomic E-state index is 0.515. The molecular weight excluding hydrogens is 156 g/mol. The Morgan fingerprint density at radius 1 is 1.00 bits per heavy atom. The highest BCUT2D eigenvalue weighted by Crippen LogP contribution is 2.39. The van der Waals surface area contributed by atoms with Crippen molar-refractivity contribution in [3.8, 4) is 0 Å². The number of benzene rings is 1. The van der Waals surface area contributed by atoms with Gasteiger partial charge in [0.15, 0.2) is 0 Å². The molecule has 0 spiro atoms. The number of fused-ring (bicyclic) bond motifs is 3. The zero-order valence-corrected chi connectivity index (χ0v) is 7.27. The molecule has 0 saturated heterocycles.